The summed E-state index contributed by atoms with van der Waals surface area (Å²) >= 11 is 1.76. The van der Waals surface area contributed by atoms with Crippen molar-refractivity contribution >= 4 is 11.3 Å². The van der Waals surface area contributed by atoms with Crippen LogP contribution in [0, 0.1) is 0 Å². The summed E-state index contributed by atoms with van der Waals surface area (Å²) in [6.45, 7) is 2.88. The summed E-state index contributed by atoms with van der Waals surface area (Å²) in [5, 5.41) is 10.9. The highest BCUT2D eigenvalue weighted by Crippen LogP contribution is 2.40. The molecule has 0 saturated heterocycles. The molecule has 2 heterocycles. The molecule has 3 nitrogen and oxygen atoms in total. The number of nitrogens with zero attached hydrogens (tertiary/aromatic N) is 2. The summed E-state index contributed by atoms with van der Waals surface area (Å²) in [5.74, 6) is 0.931. The molecule has 104 valence electrons. The second kappa shape index (κ2) is 6.18. The van der Waals surface area contributed by atoms with E-state index in [0.29, 0.717) is 0 Å². The lowest BCUT2D eigenvalue weighted by molar-refractivity contribution is 0.317. The van der Waals surface area contributed by atoms with Gasteiger partial charge >= 0.3 is 0 Å². The highest BCUT2D eigenvalue weighted by atomic mass is 32.1. The maximum absolute atomic E-state index is 5.60. The Kier molecular flexibility index (Phi) is 4.11. The van der Waals surface area contributed by atoms with Gasteiger partial charge in [-0.3, -0.25) is 0 Å². The van der Waals surface area contributed by atoms with Crippen LogP contribution >= 0.6 is 11.3 Å². The number of hydrogen-bond acceptors (Lipinski definition) is 4. The highest BCUT2D eigenvalue weighted by Gasteiger charge is 2.25. The van der Waals surface area contributed by atoms with E-state index in [2.05, 4.69) is 46.8 Å². The molecule has 0 amide bonds. The number of rotatable bonds is 5. The van der Waals surface area contributed by atoms with Crippen LogP contribution < -0.4 is 4.74 Å². The van der Waals surface area contributed by atoms with Gasteiger partial charge in [0.2, 0.25) is 0 Å². The molecule has 0 bridgehead atoms. The summed E-state index contributed by atoms with van der Waals surface area (Å²) in [4.78, 5) is 1.30. The zero-order valence-electron chi connectivity index (χ0n) is 11.5. The summed E-state index contributed by atoms with van der Waals surface area (Å²) in [5.41, 5.74) is 1.22. The Labute approximate surface area is 123 Å². The second-order valence-corrected chi connectivity index (χ2v) is 5.91. The molecule has 1 aliphatic heterocycles. The van der Waals surface area contributed by atoms with E-state index in [1.807, 2.05) is 12.1 Å². The van der Waals surface area contributed by atoms with Crippen molar-refractivity contribution in [2.75, 3.05) is 6.61 Å². The summed E-state index contributed by atoms with van der Waals surface area (Å²) < 4.78 is 5.60. The lowest BCUT2D eigenvalue weighted by atomic mass is 10.0. The third-order valence-electron chi connectivity index (χ3n) is 3.40. The van der Waals surface area contributed by atoms with Crippen LogP contribution in [0.5, 0.6) is 5.75 Å². The molecule has 2 atom stereocenters. The van der Waals surface area contributed by atoms with Crippen LogP contribution in [-0.2, 0) is 0 Å². The van der Waals surface area contributed by atoms with Gasteiger partial charge in [0.05, 0.1) is 12.6 Å². The van der Waals surface area contributed by atoms with Gasteiger partial charge in [-0.15, -0.1) is 11.3 Å². The van der Waals surface area contributed by atoms with E-state index in [4.69, 9.17) is 4.74 Å². The standard InChI is InChI=1S/C16H18N2OS/c1-2-9-19-13-7-5-12(6-8-13)14-11-15(18-17-14)16-4-3-10-20-16/h3-8,10,14-15H,2,9,11H2,1H3. The number of benzene rings is 1. The van der Waals surface area contributed by atoms with Crippen molar-refractivity contribution in [3.8, 4) is 5.75 Å². The van der Waals surface area contributed by atoms with Crippen molar-refractivity contribution in [1.29, 1.82) is 0 Å². The van der Waals surface area contributed by atoms with Crippen LogP contribution in [0.4, 0.5) is 0 Å². The molecule has 2 unspecified atom stereocenters. The molecule has 0 fully saturated rings. The monoisotopic (exact) mass is 286 g/mol. The van der Waals surface area contributed by atoms with E-state index >= 15 is 0 Å². The molecule has 1 aromatic heterocycles. The van der Waals surface area contributed by atoms with Crippen LogP contribution in [0.25, 0.3) is 0 Å². The van der Waals surface area contributed by atoms with Gasteiger partial charge in [0.1, 0.15) is 11.8 Å². The summed E-state index contributed by atoms with van der Waals surface area (Å²) in [6, 6.07) is 12.9. The van der Waals surface area contributed by atoms with Crippen molar-refractivity contribution in [2.24, 2.45) is 10.2 Å². The lowest BCUT2D eigenvalue weighted by Crippen LogP contribution is -1.97. The molecule has 0 radical (unpaired) electrons. The van der Waals surface area contributed by atoms with Crippen molar-refractivity contribution in [1.82, 2.24) is 0 Å². The Bertz CT molecular complexity index is 563. The van der Waals surface area contributed by atoms with Gasteiger partial charge in [0.25, 0.3) is 0 Å². The third-order valence-corrected chi connectivity index (χ3v) is 4.37. The minimum absolute atomic E-state index is 0.183. The van der Waals surface area contributed by atoms with E-state index in [9.17, 15) is 0 Å². The van der Waals surface area contributed by atoms with Crippen molar-refractivity contribution < 1.29 is 4.74 Å². The molecule has 0 N–H and O–H groups in total. The largest absolute Gasteiger partial charge is 0.494 e. The maximum atomic E-state index is 5.60. The third kappa shape index (κ3) is 2.90. The molecule has 1 aromatic carbocycles. The van der Waals surface area contributed by atoms with E-state index in [1.165, 1.54) is 10.4 Å². The first kappa shape index (κ1) is 13.3. The van der Waals surface area contributed by atoms with Crippen LogP contribution in [0.15, 0.2) is 52.0 Å². The molecule has 4 heteroatoms. The first-order chi connectivity index (χ1) is 9.86. The molecule has 2 aromatic rings. The van der Waals surface area contributed by atoms with Crippen molar-refractivity contribution in [2.45, 2.75) is 31.8 Å². The first-order valence-corrected chi connectivity index (χ1v) is 7.91. The maximum Gasteiger partial charge on any atom is 0.119 e. The predicted molar refractivity (Wildman–Crippen MR) is 81.5 cm³/mol. The molecule has 20 heavy (non-hydrogen) atoms. The Morgan fingerprint density at radius 3 is 2.65 bits per heavy atom. The zero-order chi connectivity index (χ0) is 13.8. The molecule has 3 rings (SSSR count). The Morgan fingerprint density at radius 2 is 1.95 bits per heavy atom. The molecule has 0 saturated carbocycles. The van der Waals surface area contributed by atoms with Gasteiger partial charge in [0.15, 0.2) is 0 Å². The van der Waals surface area contributed by atoms with Gasteiger partial charge in [-0.2, -0.15) is 10.2 Å². The molecule has 0 aliphatic carbocycles. The minimum Gasteiger partial charge on any atom is -0.494 e. The van der Waals surface area contributed by atoms with Crippen LogP contribution in [0.1, 0.15) is 42.3 Å². The van der Waals surface area contributed by atoms with E-state index in [-0.39, 0.29) is 12.1 Å². The van der Waals surface area contributed by atoms with Crippen molar-refractivity contribution in [3.05, 3.63) is 52.2 Å². The Hall–Kier alpha value is -1.68. The Balaban J connectivity index is 1.64. The smallest absolute Gasteiger partial charge is 0.119 e. The summed E-state index contributed by atoms with van der Waals surface area (Å²) in [7, 11) is 0. The SMILES string of the molecule is CCCOc1ccc(C2CC(c3cccs3)N=N2)cc1. The van der Waals surface area contributed by atoms with Crippen LogP contribution in [-0.4, -0.2) is 6.61 Å². The highest BCUT2D eigenvalue weighted by molar-refractivity contribution is 7.10. The lowest BCUT2D eigenvalue weighted by Gasteiger charge is -2.09. The van der Waals surface area contributed by atoms with Gasteiger partial charge in [-0.1, -0.05) is 25.1 Å². The zero-order valence-corrected chi connectivity index (χ0v) is 12.3. The normalized spacial score (nSPS) is 21.2. The topological polar surface area (TPSA) is 34.0 Å². The second-order valence-electron chi connectivity index (χ2n) is 4.93. The average molecular weight is 286 g/mol. The Morgan fingerprint density at radius 1 is 1.15 bits per heavy atom. The fourth-order valence-corrected chi connectivity index (χ4v) is 3.10. The number of thiophene rings is 1. The van der Waals surface area contributed by atoms with Gasteiger partial charge in [-0.25, -0.2) is 0 Å². The van der Waals surface area contributed by atoms with Crippen molar-refractivity contribution in [3.63, 3.8) is 0 Å². The molecule has 1 aliphatic rings. The van der Waals surface area contributed by atoms with Gasteiger partial charge in [0, 0.05) is 11.3 Å². The van der Waals surface area contributed by atoms with Crippen LogP contribution in [0.3, 0.4) is 0 Å². The molecule has 0 spiro atoms. The van der Waals surface area contributed by atoms with E-state index in [0.717, 1.165) is 25.2 Å². The fraction of sp³-hybridized carbons (Fsp3) is 0.375. The first-order valence-electron chi connectivity index (χ1n) is 7.03. The molecular weight excluding hydrogens is 268 g/mol. The average Bonchev–Trinajstić information content (AvgIpc) is 3.16. The van der Waals surface area contributed by atoms with Crippen LogP contribution in [0.2, 0.25) is 0 Å². The van der Waals surface area contributed by atoms with E-state index in [1.54, 1.807) is 11.3 Å². The number of azo groups is 1. The summed E-state index contributed by atoms with van der Waals surface area (Å²) in [6.07, 6.45) is 2.00. The molecular formula is C16H18N2OS. The predicted octanol–water partition coefficient (Wildman–Crippen LogP) is 5.18. The van der Waals surface area contributed by atoms with Gasteiger partial charge in [-0.05, 0) is 35.6 Å². The number of hydrogen-bond donors (Lipinski definition) is 0. The number of ether oxygens (including phenoxy) is 1. The van der Waals surface area contributed by atoms with Gasteiger partial charge < -0.3 is 4.74 Å². The minimum atomic E-state index is 0.183. The fourth-order valence-electron chi connectivity index (χ4n) is 2.33. The van der Waals surface area contributed by atoms with E-state index < -0.39 is 0 Å². The quantitative estimate of drug-likeness (QED) is 0.746.